The van der Waals surface area contributed by atoms with Crippen molar-refractivity contribution < 1.29 is 23.8 Å². The number of ketones is 1. The van der Waals surface area contributed by atoms with Crippen LogP contribution in [0.3, 0.4) is 0 Å². The molecule has 0 saturated carbocycles. The van der Waals surface area contributed by atoms with E-state index in [0.29, 0.717) is 11.1 Å². The molecule has 6 nitrogen and oxygen atoms in total. The Kier molecular flexibility index (Phi) is 5.82. The van der Waals surface area contributed by atoms with Crippen LogP contribution in [0.15, 0.2) is 29.2 Å². The number of rotatable bonds is 6. The van der Waals surface area contributed by atoms with Crippen molar-refractivity contribution in [2.45, 2.75) is 6.29 Å². The summed E-state index contributed by atoms with van der Waals surface area (Å²) in [6.45, 7) is 0. The largest absolute Gasteiger partial charge is 0.465 e. The van der Waals surface area contributed by atoms with Crippen LogP contribution in [0.4, 0.5) is 0 Å². The van der Waals surface area contributed by atoms with Crippen molar-refractivity contribution in [1.29, 1.82) is 5.26 Å². The fourth-order valence-corrected chi connectivity index (χ4v) is 3.20. The number of carbonyl (C=O) groups is 2. The van der Waals surface area contributed by atoms with Gasteiger partial charge in [-0.1, -0.05) is 12.1 Å². The van der Waals surface area contributed by atoms with Gasteiger partial charge in [0.05, 0.1) is 17.4 Å². The molecule has 0 spiro atoms. The summed E-state index contributed by atoms with van der Waals surface area (Å²) in [6.07, 6.45) is 0.231. The van der Waals surface area contributed by atoms with Crippen LogP contribution in [0.2, 0.25) is 0 Å². The Labute approximate surface area is 142 Å². The van der Waals surface area contributed by atoms with Gasteiger partial charge in [-0.15, -0.1) is 11.3 Å². The number of methoxy groups -OCH3 is 3. The smallest absolute Gasteiger partial charge is 0.341 e. The zero-order valence-corrected chi connectivity index (χ0v) is 14.2. The SMILES string of the molecule is COC(=O)/C(=C\c1csc2c(C#N)cccc12)C(=O)C(OC)OC. The van der Waals surface area contributed by atoms with Gasteiger partial charge in [-0.25, -0.2) is 4.79 Å². The van der Waals surface area contributed by atoms with Gasteiger partial charge in [-0.2, -0.15) is 5.26 Å². The summed E-state index contributed by atoms with van der Waals surface area (Å²) in [6, 6.07) is 7.40. The molecule has 2 aromatic rings. The van der Waals surface area contributed by atoms with Crippen LogP contribution in [0, 0.1) is 11.3 Å². The van der Waals surface area contributed by atoms with Crippen LogP contribution in [0.5, 0.6) is 0 Å². The topological polar surface area (TPSA) is 85.6 Å². The van der Waals surface area contributed by atoms with Gasteiger partial charge in [0.1, 0.15) is 11.6 Å². The predicted octanol–water partition coefficient (Wildman–Crippen LogP) is 2.52. The molecule has 0 aliphatic heterocycles. The zero-order valence-electron chi connectivity index (χ0n) is 13.4. The van der Waals surface area contributed by atoms with Crippen molar-refractivity contribution in [3.8, 4) is 6.07 Å². The van der Waals surface area contributed by atoms with Crippen molar-refractivity contribution in [2.75, 3.05) is 21.3 Å². The second kappa shape index (κ2) is 7.84. The van der Waals surface area contributed by atoms with Crippen molar-refractivity contribution in [1.82, 2.24) is 0 Å². The first kappa shape index (κ1) is 17.8. The van der Waals surface area contributed by atoms with Crippen LogP contribution >= 0.6 is 11.3 Å². The third-order valence-electron chi connectivity index (χ3n) is 3.36. The molecular weight excluding hydrogens is 330 g/mol. The summed E-state index contributed by atoms with van der Waals surface area (Å²) >= 11 is 1.37. The van der Waals surface area contributed by atoms with E-state index in [1.165, 1.54) is 38.7 Å². The molecule has 7 heteroatoms. The maximum Gasteiger partial charge on any atom is 0.341 e. The Morgan fingerprint density at radius 1 is 1.25 bits per heavy atom. The minimum absolute atomic E-state index is 0.187. The summed E-state index contributed by atoms with van der Waals surface area (Å²) < 4.78 is 15.3. The number of esters is 1. The Balaban J connectivity index is 2.57. The van der Waals surface area contributed by atoms with Crippen molar-refractivity contribution in [3.05, 3.63) is 40.3 Å². The molecule has 0 atom stereocenters. The van der Waals surface area contributed by atoms with Crippen LogP contribution in [-0.4, -0.2) is 39.4 Å². The molecule has 1 aromatic carbocycles. The lowest BCUT2D eigenvalue weighted by atomic mass is 10.0. The van der Waals surface area contributed by atoms with Gasteiger partial charge in [-0.05, 0) is 23.1 Å². The summed E-state index contributed by atoms with van der Waals surface area (Å²) in [5.41, 5.74) is 0.995. The van der Waals surface area contributed by atoms with E-state index in [0.717, 1.165) is 10.1 Å². The van der Waals surface area contributed by atoms with Gasteiger partial charge < -0.3 is 14.2 Å². The Bertz CT molecular complexity index is 842. The van der Waals surface area contributed by atoms with Crippen LogP contribution in [0.25, 0.3) is 16.2 Å². The lowest BCUT2D eigenvalue weighted by Gasteiger charge is -2.13. The van der Waals surface area contributed by atoms with Crippen molar-refractivity contribution >= 4 is 39.3 Å². The Morgan fingerprint density at radius 3 is 2.54 bits per heavy atom. The molecule has 0 unspecified atom stereocenters. The normalized spacial score (nSPS) is 11.5. The highest BCUT2D eigenvalue weighted by atomic mass is 32.1. The highest BCUT2D eigenvalue weighted by Crippen LogP contribution is 2.30. The highest BCUT2D eigenvalue weighted by Gasteiger charge is 2.27. The molecule has 0 N–H and O–H groups in total. The number of Topliss-reactive ketones (excluding diaryl/α,β-unsaturated/α-hetero) is 1. The van der Waals surface area contributed by atoms with E-state index < -0.39 is 18.0 Å². The molecule has 0 radical (unpaired) electrons. The molecule has 0 aliphatic rings. The second-order valence-corrected chi connectivity index (χ2v) is 5.58. The Morgan fingerprint density at radius 2 is 1.96 bits per heavy atom. The van der Waals surface area contributed by atoms with E-state index in [9.17, 15) is 9.59 Å². The number of carbonyl (C=O) groups excluding carboxylic acids is 2. The van der Waals surface area contributed by atoms with Gasteiger partial charge in [0, 0.05) is 19.6 Å². The van der Waals surface area contributed by atoms with Gasteiger partial charge >= 0.3 is 5.97 Å². The van der Waals surface area contributed by atoms with Gasteiger partial charge in [0.2, 0.25) is 12.1 Å². The number of nitriles is 1. The van der Waals surface area contributed by atoms with Gasteiger partial charge in [0.25, 0.3) is 0 Å². The Hall–Kier alpha value is -2.53. The van der Waals surface area contributed by atoms with Crippen molar-refractivity contribution in [3.63, 3.8) is 0 Å². The van der Waals surface area contributed by atoms with E-state index >= 15 is 0 Å². The van der Waals surface area contributed by atoms with Crippen LogP contribution < -0.4 is 0 Å². The quantitative estimate of drug-likeness (QED) is 0.263. The first-order chi connectivity index (χ1) is 11.6. The van der Waals surface area contributed by atoms with E-state index in [-0.39, 0.29) is 5.57 Å². The number of thiophene rings is 1. The fraction of sp³-hybridized carbons (Fsp3) is 0.235. The summed E-state index contributed by atoms with van der Waals surface area (Å²) in [4.78, 5) is 24.4. The standard InChI is InChI=1S/C17H15NO5S/c1-21-16(20)13(14(19)17(22-2)23-3)7-11-9-24-15-10(8-18)5-4-6-12(11)15/h4-7,9,17H,1-3H3/b13-7-. The first-order valence-corrected chi connectivity index (χ1v) is 7.75. The average Bonchev–Trinajstić information content (AvgIpc) is 3.02. The zero-order chi connectivity index (χ0) is 17.7. The third kappa shape index (κ3) is 3.36. The molecule has 124 valence electrons. The van der Waals surface area contributed by atoms with Gasteiger partial charge in [0.15, 0.2) is 0 Å². The van der Waals surface area contributed by atoms with E-state index in [4.69, 9.17) is 19.5 Å². The molecule has 24 heavy (non-hydrogen) atoms. The number of hydrogen-bond acceptors (Lipinski definition) is 7. The second-order valence-electron chi connectivity index (χ2n) is 4.70. The number of benzene rings is 1. The predicted molar refractivity (Wildman–Crippen MR) is 89.3 cm³/mol. The minimum atomic E-state index is -1.20. The molecule has 0 amide bonds. The monoisotopic (exact) mass is 345 g/mol. The van der Waals surface area contributed by atoms with E-state index in [1.807, 2.05) is 6.07 Å². The number of hydrogen-bond donors (Lipinski definition) is 0. The molecule has 1 heterocycles. The third-order valence-corrected chi connectivity index (χ3v) is 4.41. The maximum absolute atomic E-state index is 12.4. The number of fused-ring (bicyclic) bond motifs is 1. The molecule has 0 bridgehead atoms. The minimum Gasteiger partial charge on any atom is -0.465 e. The highest BCUT2D eigenvalue weighted by molar-refractivity contribution is 7.17. The van der Waals surface area contributed by atoms with Crippen LogP contribution in [0.1, 0.15) is 11.1 Å². The van der Waals surface area contributed by atoms with Crippen LogP contribution in [-0.2, 0) is 23.8 Å². The molecule has 2 rings (SSSR count). The van der Waals surface area contributed by atoms with Crippen molar-refractivity contribution in [2.24, 2.45) is 0 Å². The van der Waals surface area contributed by atoms with Gasteiger partial charge in [-0.3, -0.25) is 4.79 Å². The maximum atomic E-state index is 12.4. The molecular formula is C17H15NO5S. The summed E-state index contributed by atoms with van der Waals surface area (Å²) in [7, 11) is 3.80. The summed E-state index contributed by atoms with van der Waals surface area (Å²) in [5, 5.41) is 11.7. The molecule has 0 fully saturated rings. The lowest BCUT2D eigenvalue weighted by Crippen LogP contribution is -2.29. The number of nitrogens with zero attached hydrogens (tertiary/aromatic N) is 1. The lowest BCUT2D eigenvalue weighted by molar-refractivity contribution is -0.155. The molecule has 0 aliphatic carbocycles. The molecule has 1 aromatic heterocycles. The van der Waals surface area contributed by atoms with E-state index in [1.54, 1.807) is 17.5 Å². The summed E-state index contributed by atoms with van der Waals surface area (Å²) in [5.74, 6) is -1.42. The number of ether oxygens (including phenoxy) is 3. The average molecular weight is 345 g/mol. The fourth-order valence-electron chi connectivity index (χ4n) is 2.21. The van der Waals surface area contributed by atoms with E-state index in [2.05, 4.69) is 6.07 Å². The first-order valence-electron chi connectivity index (χ1n) is 6.87. The molecule has 0 saturated heterocycles.